The molecule has 0 radical (unpaired) electrons. The minimum Gasteiger partial charge on any atom is -0.310 e. The van der Waals surface area contributed by atoms with E-state index in [0.717, 1.165) is 5.56 Å². The quantitative estimate of drug-likeness (QED) is 0.419. The van der Waals surface area contributed by atoms with Gasteiger partial charge in [0, 0.05) is 36.5 Å². The number of hydrogen-bond acceptors (Lipinski definition) is 4. The Bertz CT molecular complexity index is 1340. The summed E-state index contributed by atoms with van der Waals surface area (Å²) in [4.78, 5) is 29.8. The van der Waals surface area contributed by atoms with E-state index in [1.807, 2.05) is 0 Å². The second-order valence-electron chi connectivity index (χ2n) is 8.00. The van der Waals surface area contributed by atoms with Gasteiger partial charge < -0.3 is 9.72 Å². The van der Waals surface area contributed by atoms with Gasteiger partial charge in [-0.15, -0.1) is 0 Å². The highest BCUT2D eigenvalue weighted by molar-refractivity contribution is 6.30. The summed E-state index contributed by atoms with van der Waals surface area (Å²) in [6.45, 7) is 7.08. The molecular formula is C23H20ClF3N6O. The number of carbonyl (C=O) groups is 1. The molecule has 176 valence electrons. The minimum atomic E-state index is -4.34. The molecular weight excluding hydrogens is 469 g/mol. The van der Waals surface area contributed by atoms with Gasteiger partial charge >= 0.3 is 6.18 Å². The smallest absolute Gasteiger partial charge is 0.310 e. The first-order valence-corrected chi connectivity index (χ1v) is 10.6. The van der Waals surface area contributed by atoms with Crippen LogP contribution in [0.2, 0.25) is 5.02 Å². The molecule has 1 aliphatic rings. The Morgan fingerprint density at radius 1 is 1.29 bits per heavy atom. The Hall–Kier alpha value is -3.53. The number of rotatable bonds is 5. The Labute approximate surface area is 198 Å². The van der Waals surface area contributed by atoms with Crippen LogP contribution in [0, 0.1) is 0 Å². The van der Waals surface area contributed by atoms with Crippen LogP contribution in [0.1, 0.15) is 37.2 Å². The molecule has 0 saturated carbocycles. The highest BCUT2D eigenvalue weighted by Crippen LogP contribution is 2.38. The number of carbonyl (C=O) groups excluding carboxylic acids is 1. The second-order valence-corrected chi connectivity index (χ2v) is 8.44. The van der Waals surface area contributed by atoms with Crippen molar-refractivity contribution < 1.29 is 18.0 Å². The predicted molar refractivity (Wildman–Crippen MR) is 123 cm³/mol. The van der Waals surface area contributed by atoms with Gasteiger partial charge in [-0.25, -0.2) is 20.0 Å². The molecule has 0 saturated heterocycles. The molecule has 0 fully saturated rings. The van der Waals surface area contributed by atoms with Crippen molar-refractivity contribution in [2.24, 2.45) is 9.98 Å². The fraction of sp³-hybridized carbons (Fsp3) is 0.261. The van der Waals surface area contributed by atoms with Crippen molar-refractivity contribution >= 4 is 35.7 Å². The first kappa shape index (κ1) is 23.6. The number of fused-ring (bicyclic) bond motifs is 1. The molecule has 3 aromatic rings. The van der Waals surface area contributed by atoms with E-state index in [4.69, 9.17) is 11.6 Å². The number of nitrogens with one attached hydrogen (secondary N) is 1. The van der Waals surface area contributed by atoms with E-state index in [-0.39, 0.29) is 35.4 Å². The molecule has 2 aromatic heterocycles. The molecule has 0 aliphatic carbocycles. The van der Waals surface area contributed by atoms with Gasteiger partial charge in [0.25, 0.3) is 0 Å². The first-order valence-electron chi connectivity index (χ1n) is 10.3. The zero-order valence-electron chi connectivity index (χ0n) is 18.3. The van der Waals surface area contributed by atoms with Crippen molar-refractivity contribution in [2.45, 2.75) is 38.3 Å². The fourth-order valence-corrected chi connectivity index (χ4v) is 3.91. The van der Waals surface area contributed by atoms with Gasteiger partial charge in [-0.05, 0) is 43.8 Å². The molecule has 1 aliphatic heterocycles. The Balaban J connectivity index is 1.76. The molecule has 1 amide bonds. The molecule has 1 aromatic carbocycles. The summed E-state index contributed by atoms with van der Waals surface area (Å²) < 4.78 is 40.0. The number of aromatic nitrogens is 3. The van der Waals surface area contributed by atoms with Gasteiger partial charge in [0.1, 0.15) is 11.5 Å². The maximum atomic E-state index is 12.9. The number of aryl methyl sites for hydroxylation is 1. The summed E-state index contributed by atoms with van der Waals surface area (Å²) in [6.07, 6.45) is -1.11. The highest BCUT2D eigenvalue weighted by Gasteiger charge is 2.44. The Morgan fingerprint density at radius 3 is 2.65 bits per heavy atom. The van der Waals surface area contributed by atoms with Crippen LogP contribution in [0.25, 0.3) is 5.65 Å². The molecule has 1 N–H and O–H groups in total. The number of halogens is 4. The van der Waals surface area contributed by atoms with Crippen LogP contribution < -0.4 is 5.32 Å². The van der Waals surface area contributed by atoms with E-state index < -0.39 is 18.0 Å². The molecule has 11 heteroatoms. The molecule has 1 unspecified atom stereocenters. The average molecular weight is 489 g/mol. The van der Waals surface area contributed by atoms with Gasteiger partial charge in [-0.2, -0.15) is 13.2 Å². The predicted octanol–water partition coefficient (Wildman–Crippen LogP) is 4.64. The normalized spacial score (nSPS) is 19.1. The number of nitrogens with zero attached hydrogens (tertiary/aromatic N) is 5. The third-order valence-electron chi connectivity index (χ3n) is 5.90. The lowest BCUT2D eigenvalue weighted by Gasteiger charge is -2.23. The van der Waals surface area contributed by atoms with Gasteiger partial charge in [0.05, 0.1) is 11.1 Å². The van der Waals surface area contributed by atoms with Gasteiger partial charge in [0.15, 0.2) is 11.5 Å². The van der Waals surface area contributed by atoms with Gasteiger partial charge in [0.2, 0.25) is 5.91 Å². The number of aliphatic imine (C=N–C) groups is 2. The van der Waals surface area contributed by atoms with Crippen LogP contribution in [0.3, 0.4) is 0 Å². The Kier molecular flexibility index (Phi) is 6.03. The summed E-state index contributed by atoms with van der Waals surface area (Å²) in [5, 5.41) is 3.32. The zero-order chi connectivity index (χ0) is 24.7. The topological polar surface area (TPSA) is 84.0 Å². The van der Waals surface area contributed by atoms with Gasteiger partial charge in [-0.1, -0.05) is 23.7 Å². The average Bonchev–Trinajstić information content (AvgIpc) is 3.35. The molecule has 7 nitrogen and oxygen atoms in total. The van der Waals surface area contributed by atoms with E-state index in [0.29, 0.717) is 16.2 Å². The van der Waals surface area contributed by atoms with E-state index in [1.54, 1.807) is 54.9 Å². The zero-order valence-corrected chi connectivity index (χ0v) is 19.1. The molecule has 1 atom stereocenters. The summed E-state index contributed by atoms with van der Waals surface area (Å²) in [5.74, 6) is 0.0476. The SMILES string of the molecule is C=NC(=NC1=C(C)C(C)(c2ccc(Cl)cc2)C(=O)N1)c1cn2ccnc2c(CCC(F)(F)F)n1. The Morgan fingerprint density at radius 2 is 2.00 bits per heavy atom. The molecule has 3 heterocycles. The molecule has 34 heavy (non-hydrogen) atoms. The third kappa shape index (κ3) is 4.33. The van der Waals surface area contributed by atoms with Crippen molar-refractivity contribution in [3.8, 4) is 0 Å². The molecule has 0 spiro atoms. The maximum absolute atomic E-state index is 12.9. The van der Waals surface area contributed by atoms with E-state index in [9.17, 15) is 18.0 Å². The van der Waals surface area contributed by atoms with Crippen LogP contribution in [0.4, 0.5) is 13.2 Å². The summed E-state index contributed by atoms with van der Waals surface area (Å²) in [5.41, 5.74) is 1.06. The fourth-order valence-electron chi connectivity index (χ4n) is 3.79. The van der Waals surface area contributed by atoms with Crippen LogP contribution in [0.15, 0.2) is 64.2 Å². The van der Waals surface area contributed by atoms with Crippen molar-refractivity contribution in [1.82, 2.24) is 19.7 Å². The lowest BCUT2D eigenvalue weighted by molar-refractivity contribution is -0.134. The number of alkyl halides is 3. The monoisotopic (exact) mass is 488 g/mol. The van der Waals surface area contributed by atoms with Crippen LogP contribution >= 0.6 is 11.6 Å². The number of benzene rings is 1. The third-order valence-corrected chi connectivity index (χ3v) is 6.15. The van der Waals surface area contributed by atoms with E-state index >= 15 is 0 Å². The standard InChI is InChI=1S/C23H20ClF3N6O/c1-13-18(32-21(34)22(13,2)14-4-6-15(24)7-5-14)31-19(28-3)17-12-33-11-10-29-20(33)16(30-17)8-9-23(25,26)27/h4-7,10-12H,3,8-9H2,1-2H3,(H,32,34). The highest BCUT2D eigenvalue weighted by atomic mass is 35.5. The lowest BCUT2D eigenvalue weighted by Crippen LogP contribution is -2.35. The second kappa shape index (κ2) is 8.68. The molecule has 0 bridgehead atoms. The van der Waals surface area contributed by atoms with E-state index in [1.165, 1.54) is 6.20 Å². The van der Waals surface area contributed by atoms with E-state index in [2.05, 4.69) is 32.0 Å². The van der Waals surface area contributed by atoms with Gasteiger partial charge in [-0.3, -0.25) is 4.79 Å². The van der Waals surface area contributed by atoms with Crippen LogP contribution in [-0.4, -0.2) is 39.0 Å². The summed E-state index contributed by atoms with van der Waals surface area (Å²) in [6, 6.07) is 6.94. The van der Waals surface area contributed by atoms with Crippen molar-refractivity contribution in [3.05, 3.63) is 76.2 Å². The number of amides is 1. The van der Waals surface area contributed by atoms with Crippen molar-refractivity contribution in [1.29, 1.82) is 0 Å². The van der Waals surface area contributed by atoms with Crippen molar-refractivity contribution in [3.63, 3.8) is 0 Å². The largest absolute Gasteiger partial charge is 0.389 e. The van der Waals surface area contributed by atoms with Crippen LogP contribution in [0.5, 0.6) is 0 Å². The molecule has 4 rings (SSSR count). The first-order chi connectivity index (χ1) is 16.0. The summed E-state index contributed by atoms with van der Waals surface area (Å²) in [7, 11) is 0. The van der Waals surface area contributed by atoms with Crippen LogP contribution in [-0.2, 0) is 16.6 Å². The number of imidazole rings is 1. The minimum absolute atomic E-state index is 0.0545. The number of hydrogen-bond donors (Lipinski definition) is 1. The lowest BCUT2D eigenvalue weighted by atomic mass is 9.77. The van der Waals surface area contributed by atoms with Crippen molar-refractivity contribution in [2.75, 3.05) is 0 Å². The summed E-state index contributed by atoms with van der Waals surface area (Å²) >= 11 is 5.98. The maximum Gasteiger partial charge on any atom is 0.389 e. The number of amidine groups is 1.